The number of aryl methyl sites for hydroxylation is 1. The maximum absolute atomic E-state index is 12.1. The van der Waals surface area contributed by atoms with Crippen LogP contribution in [0.25, 0.3) is 10.9 Å². The Kier molecular flexibility index (Phi) is 5.14. The third-order valence-corrected chi connectivity index (χ3v) is 7.24. The van der Waals surface area contributed by atoms with Crippen LogP contribution in [0.4, 0.5) is 0 Å². The van der Waals surface area contributed by atoms with Crippen molar-refractivity contribution in [3.05, 3.63) is 39.9 Å². The van der Waals surface area contributed by atoms with E-state index in [1.165, 1.54) is 11.8 Å². The second-order valence-corrected chi connectivity index (χ2v) is 9.50. The number of aromatic nitrogens is 2. The lowest BCUT2D eigenvalue weighted by molar-refractivity contribution is -0.141. The minimum atomic E-state index is -2.95. The van der Waals surface area contributed by atoms with Gasteiger partial charge in [-0.2, -0.15) is 0 Å². The predicted molar refractivity (Wildman–Crippen MR) is 96.4 cm³/mol. The zero-order valence-corrected chi connectivity index (χ0v) is 15.3. The predicted octanol–water partition coefficient (Wildman–Crippen LogP) is 1.20. The molecule has 25 heavy (non-hydrogen) atoms. The summed E-state index contributed by atoms with van der Waals surface area (Å²) < 4.78 is 27.9. The van der Waals surface area contributed by atoms with E-state index in [1.54, 1.807) is 12.1 Å². The first kappa shape index (κ1) is 17.9. The van der Waals surface area contributed by atoms with Crippen LogP contribution in [-0.2, 0) is 26.0 Å². The minimum absolute atomic E-state index is 0.0567. The number of benzene rings is 1. The van der Waals surface area contributed by atoms with E-state index in [0.717, 1.165) is 5.56 Å². The largest absolute Gasteiger partial charge is 0.457 e. The molecular weight excluding hydrogens is 364 g/mol. The summed E-state index contributed by atoms with van der Waals surface area (Å²) in [5.41, 5.74) is 1.18. The summed E-state index contributed by atoms with van der Waals surface area (Å²) in [4.78, 5) is 30.9. The van der Waals surface area contributed by atoms with Crippen LogP contribution in [0.5, 0.6) is 0 Å². The van der Waals surface area contributed by atoms with Crippen molar-refractivity contribution in [1.82, 2.24) is 9.97 Å². The Bertz CT molecular complexity index is 968. The van der Waals surface area contributed by atoms with Crippen LogP contribution in [0.1, 0.15) is 17.8 Å². The Hall–Kier alpha value is -1.87. The van der Waals surface area contributed by atoms with Gasteiger partial charge in [-0.05, 0) is 25.0 Å². The molecule has 0 unspecified atom stereocenters. The number of H-pyrrole nitrogens is 1. The van der Waals surface area contributed by atoms with E-state index in [4.69, 9.17) is 4.74 Å². The van der Waals surface area contributed by atoms with E-state index in [-0.39, 0.29) is 40.5 Å². The number of sulfone groups is 1. The quantitative estimate of drug-likeness (QED) is 0.774. The SMILES string of the molecule is Cc1cccc2c(=O)[nH]c(COC(=O)CS[C@H]3CCS(=O)(=O)C3)nc12. The van der Waals surface area contributed by atoms with Crippen molar-refractivity contribution in [1.29, 1.82) is 0 Å². The topological polar surface area (TPSA) is 106 Å². The zero-order chi connectivity index (χ0) is 18.0. The number of hydrogen-bond acceptors (Lipinski definition) is 7. The molecule has 0 saturated carbocycles. The molecule has 1 aliphatic rings. The Labute approximate surface area is 149 Å². The number of esters is 1. The molecule has 2 aromatic rings. The smallest absolute Gasteiger partial charge is 0.316 e. The van der Waals surface area contributed by atoms with E-state index >= 15 is 0 Å². The van der Waals surface area contributed by atoms with Crippen LogP contribution in [0.15, 0.2) is 23.0 Å². The van der Waals surface area contributed by atoms with Crippen molar-refractivity contribution in [3.63, 3.8) is 0 Å². The maximum Gasteiger partial charge on any atom is 0.316 e. The number of nitrogens with zero attached hydrogens (tertiary/aromatic N) is 1. The number of carbonyl (C=O) groups is 1. The highest BCUT2D eigenvalue weighted by Gasteiger charge is 2.28. The zero-order valence-electron chi connectivity index (χ0n) is 13.6. The minimum Gasteiger partial charge on any atom is -0.457 e. The number of rotatable bonds is 5. The van der Waals surface area contributed by atoms with Gasteiger partial charge in [-0.25, -0.2) is 13.4 Å². The highest BCUT2D eigenvalue weighted by molar-refractivity contribution is 8.02. The number of ether oxygens (including phenoxy) is 1. The summed E-state index contributed by atoms with van der Waals surface area (Å²) in [5, 5.41) is 0.437. The normalized spacial score (nSPS) is 19.2. The van der Waals surface area contributed by atoms with Crippen LogP contribution in [0.2, 0.25) is 0 Å². The molecule has 0 aliphatic carbocycles. The van der Waals surface area contributed by atoms with E-state index < -0.39 is 15.8 Å². The number of nitrogens with one attached hydrogen (secondary N) is 1. The van der Waals surface area contributed by atoms with Crippen molar-refractivity contribution < 1.29 is 17.9 Å². The van der Waals surface area contributed by atoms with Gasteiger partial charge in [0.05, 0.1) is 28.2 Å². The van der Waals surface area contributed by atoms with Gasteiger partial charge in [0.1, 0.15) is 12.4 Å². The first-order valence-electron chi connectivity index (χ1n) is 7.80. The average molecular weight is 382 g/mol. The molecular formula is C16H18N2O5S2. The Morgan fingerprint density at radius 3 is 2.96 bits per heavy atom. The van der Waals surface area contributed by atoms with Crippen molar-refractivity contribution in [2.24, 2.45) is 0 Å². The lowest BCUT2D eigenvalue weighted by Crippen LogP contribution is -2.16. The van der Waals surface area contributed by atoms with Crippen LogP contribution < -0.4 is 5.56 Å². The molecule has 7 nitrogen and oxygen atoms in total. The molecule has 3 rings (SSSR count). The molecule has 0 radical (unpaired) electrons. The van der Waals surface area contributed by atoms with Crippen molar-refractivity contribution in [2.75, 3.05) is 17.3 Å². The van der Waals surface area contributed by atoms with Crippen LogP contribution in [-0.4, -0.2) is 46.9 Å². The number of hydrogen-bond donors (Lipinski definition) is 1. The summed E-state index contributed by atoms with van der Waals surface area (Å²) >= 11 is 1.29. The number of fused-ring (bicyclic) bond motifs is 1. The van der Waals surface area contributed by atoms with E-state index in [9.17, 15) is 18.0 Å². The van der Waals surface area contributed by atoms with Gasteiger partial charge in [0, 0.05) is 5.25 Å². The van der Waals surface area contributed by atoms with E-state index in [0.29, 0.717) is 17.3 Å². The number of thioether (sulfide) groups is 1. The van der Waals surface area contributed by atoms with Gasteiger partial charge in [0.25, 0.3) is 5.56 Å². The molecule has 1 fully saturated rings. The molecule has 0 spiro atoms. The number of aromatic amines is 1. The van der Waals surface area contributed by atoms with Crippen molar-refractivity contribution >= 4 is 38.5 Å². The molecule has 1 aliphatic heterocycles. The van der Waals surface area contributed by atoms with Gasteiger partial charge < -0.3 is 9.72 Å². The van der Waals surface area contributed by atoms with Gasteiger partial charge in [-0.3, -0.25) is 9.59 Å². The third-order valence-electron chi connectivity index (χ3n) is 3.98. The molecule has 1 aromatic carbocycles. The van der Waals surface area contributed by atoms with Gasteiger partial charge in [0.2, 0.25) is 0 Å². The first-order valence-corrected chi connectivity index (χ1v) is 10.7. The monoisotopic (exact) mass is 382 g/mol. The summed E-state index contributed by atoms with van der Waals surface area (Å²) in [5.74, 6) is 0.206. The highest BCUT2D eigenvalue weighted by Crippen LogP contribution is 2.24. The molecule has 134 valence electrons. The summed E-state index contributed by atoms with van der Waals surface area (Å²) in [6.45, 7) is 1.73. The Morgan fingerprint density at radius 2 is 2.24 bits per heavy atom. The molecule has 2 heterocycles. The average Bonchev–Trinajstić information content (AvgIpc) is 2.91. The van der Waals surface area contributed by atoms with Gasteiger partial charge in [0.15, 0.2) is 9.84 Å². The highest BCUT2D eigenvalue weighted by atomic mass is 32.2. The summed E-state index contributed by atoms with van der Waals surface area (Å²) in [7, 11) is -2.95. The lowest BCUT2D eigenvalue weighted by Gasteiger charge is -2.08. The number of para-hydroxylation sites is 1. The third kappa shape index (κ3) is 4.40. The lowest BCUT2D eigenvalue weighted by atomic mass is 10.1. The van der Waals surface area contributed by atoms with Crippen LogP contribution in [0, 0.1) is 6.92 Å². The first-order chi connectivity index (χ1) is 11.8. The maximum atomic E-state index is 12.1. The van der Waals surface area contributed by atoms with Gasteiger partial charge >= 0.3 is 5.97 Å². The second kappa shape index (κ2) is 7.17. The standard InChI is InChI=1S/C16H18N2O5S2/c1-10-3-2-4-12-15(10)17-13(18-16(12)20)7-23-14(19)8-24-11-5-6-25(21,22)9-11/h2-4,11H,5-9H2,1H3,(H,17,18,20)/t11-/m0/s1. The molecule has 0 bridgehead atoms. The molecule has 1 saturated heterocycles. The molecule has 1 atom stereocenters. The Balaban J connectivity index is 1.58. The molecule has 1 N–H and O–H groups in total. The van der Waals surface area contributed by atoms with Crippen molar-refractivity contribution in [3.8, 4) is 0 Å². The molecule has 0 amide bonds. The summed E-state index contributed by atoms with van der Waals surface area (Å²) in [6.07, 6.45) is 0.569. The molecule has 9 heteroatoms. The fourth-order valence-electron chi connectivity index (χ4n) is 2.69. The van der Waals surface area contributed by atoms with Gasteiger partial charge in [-0.1, -0.05) is 12.1 Å². The van der Waals surface area contributed by atoms with E-state index in [1.807, 2.05) is 13.0 Å². The van der Waals surface area contributed by atoms with Crippen LogP contribution >= 0.6 is 11.8 Å². The molecule has 1 aromatic heterocycles. The van der Waals surface area contributed by atoms with Crippen molar-refractivity contribution in [2.45, 2.75) is 25.2 Å². The van der Waals surface area contributed by atoms with Gasteiger partial charge in [-0.15, -0.1) is 11.8 Å². The number of carbonyl (C=O) groups excluding carboxylic acids is 1. The Morgan fingerprint density at radius 1 is 1.44 bits per heavy atom. The fraction of sp³-hybridized carbons (Fsp3) is 0.438. The summed E-state index contributed by atoms with van der Waals surface area (Å²) in [6, 6.07) is 5.34. The van der Waals surface area contributed by atoms with E-state index in [2.05, 4.69) is 9.97 Å². The van der Waals surface area contributed by atoms with Crippen LogP contribution in [0.3, 0.4) is 0 Å². The fourth-order valence-corrected chi connectivity index (χ4v) is 6.13. The second-order valence-electron chi connectivity index (χ2n) is 5.98.